The van der Waals surface area contributed by atoms with Crippen molar-refractivity contribution in [3.63, 3.8) is 0 Å². The Bertz CT molecular complexity index is 461. The highest BCUT2D eigenvalue weighted by Gasteiger charge is 2.23. The number of carboxylic acid groups (broad SMARTS) is 1. The number of nitrogens with one attached hydrogen (secondary N) is 1. The zero-order valence-corrected chi connectivity index (χ0v) is 12.1. The van der Waals surface area contributed by atoms with E-state index in [9.17, 15) is 9.59 Å². The van der Waals surface area contributed by atoms with Crippen molar-refractivity contribution < 1.29 is 14.7 Å². The molecule has 0 aliphatic carbocycles. The van der Waals surface area contributed by atoms with Crippen molar-refractivity contribution in [3.8, 4) is 0 Å². The van der Waals surface area contributed by atoms with Gasteiger partial charge in [0.1, 0.15) is 0 Å². The van der Waals surface area contributed by atoms with Crippen LogP contribution in [0.5, 0.6) is 0 Å². The van der Waals surface area contributed by atoms with Gasteiger partial charge < -0.3 is 15.3 Å². The maximum Gasteiger partial charge on any atom is 0.317 e. The van der Waals surface area contributed by atoms with Crippen LogP contribution in [0.3, 0.4) is 0 Å². The number of carbonyl (C=O) groups is 2. The Balaban J connectivity index is 1.72. The van der Waals surface area contributed by atoms with Crippen molar-refractivity contribution in [1.82, 2.24) is 20.0 Å². The average molecular weight is 294 g/mol. The third-order valence-corrected chi connectivity index (χ3v) is 3.69. The minimum atomic E-state index is -0.849. The first-order chi connectivity index (χ1) is 10.1. The number of hydrogen-bond acceptors (Lipinski definition) is 4. The van der Waals surface area contributed by atoms with E-state index in [1.54, 1.807) is 10.9 Å². The summed E-state index contributed by atoms with van der Waals surface area (Å²) in [5.41, 5.74) is 0. The summed E-state index contributed by atoms with van der Waals surface area (Å²) in [5, 5.41) is 15.6. The van der Waals surface area contributed by atoms with Crippen molar-refractivity contribution in [3.05, 3.63) is 18.5 Å². The standard InChI is InChI=1S/C14H22N4O3/c19-13(4-8-18-7-2-5-16-18)17-6-1-3-12(11-17)9-15-10-14(20)21/h2,5,7,12,15H,1,3-4,6,8-11H2,(H,20,21). The van der Waals surface area contributed by atoms with Gasteiger partial charge in [-0.15, -0.1) is 0 Å². The first kappa shape index (κ1) is 15.5. The SMILES string of the molecule is O=C(O)CNCC1CCCN(C(=O)CCn2cccn2)C1. The summed E-state index contributed by atoms with van der Waals surface area (Å²) >= 11 is 0. The van der Waals surface area contributed by atoms with Crippen LogP contribution in [-0.2, 0) is 16.1 Å². The Kier molecular flexibility index (Phi) is 5.74. The van der Waals surface area contributed by atoms with Gasteiger partial charge in [-0.2, -0.15) is 5.10 Å². The fraction of sp³-hybridized carbons (Fsp3) is 0.643. The lowest BCUT2D eigenvalue weighted by molar-refractivity contribution is -0.136. The highest BCUT2D eigenvalue weighted by Crippen LogP contribution is 2.16. The molecule has 1 fully saturated rings. The molecule has 7 nitrogen and oxygen atoms in total. The molecule has 1 unspecified atom stereocenters. The zero-order chi connectivity index (χ0) is 15.1. The topological polar surface area (TPSA) is 87.5 Å². The molecule has 21 heavy (non-hydrogen) atoms. The molecule has 0 spiro atoms. The number of likely N-dealkylation sites (tertiary alicyclic amines) is 1. The van der Waals surface area contributed by atoms with E-state index in [1.807, 2.05) is 17.2 Å². The molecule has 2 heterocycles. The fourth-order valence-electron chi connectivity index (χ4n) is 2.64. The molecule has 1 aliphatic heterocycles. The van der Waals surface area contributed by atoms with E-state index in [1.165, 1.54) is 0 Å². The third-order valence-electron chi connectivity index (χ3n) is 3.69. The summed E-state index contributed by atoms with van der Waals surface area (Å²) in [6.07, 6.45) is 6.02. The van der Waals surface area contributed by atoms with E-state index in [2.05, 4.69) is 10.4 Å². The summed E-state index contributed by atoms with van der Waals surface area (Å²) in [4.78, 5) is 24.6. The quantitative estimate of drug-likeness (QED) is 0.749. The predicted octanol–water partition coefficient (Wildman–Crippen LogP) is 0.186. The number of aliphatic carboxylic acids is 1. The summed E-state index contributed by atoms with van der Waals surface area (Å²) in [6, 6.07) is 1.84. The summed E-state index contributed by atoms with van der Waals surface area (Å²) < 4.78 is 1.76. The second-order valence-electron chi connectivity index (χ2n) is 5.39. The van der Waals surface area contributed by atoms with Crippen LogP contribution in [-0.4, -0.2) is 57.8 Å². The van der Waals surface area contributed by atoms with Gasteiger partial charge in [0.05, 0.1) is 6.54 Å². The smallest absolute Gasteiger partial charge is 0.317 e. The van der Waals surface area contributed by atoms with Crippen molar-refractivity contribution >= 4 is 11.9 Å². The van der Waals surface area contributed by atoms with E-state index < -0.39 is 5.97 Å². The van der Waals surface area contributed by atoms with Gasteiger partial charge in [-0.3, -0.25) is 14.3 Å². The van der Waals surface area contributed by atoms with Crippen LogP contribution in [0.1, 0.15) is 19.3 Å². The number of nitrogens with zero attached hydrogens (tertiary/aromatic N) is 3. The molecule has 7 heteroatoms. The molecule has 116 valence electrons. The molecule has 1 amide bonds. The van der Waals surface area contributed by atoms with E-state index in [0.717, 1.165) is 19.4 Å². The van der Waals surface area contributed by atoms with Gasteiger partial charge in [0.25, 0.3) is 0 Å². The molecule has 1 saturated heterocycles. The van der Waals surface area contributed by atoms with Crippen molar-refractivity contribution in [1.29, 1.82) is 0 Å². The van der Waals surface area contributed by atoms with Crippen LogP contribution < -0.4 is 5.32 Å². The normalized spacial score (nSPS) is 18.7. The van der Waals surface area contributed by atoms with Crippen LogP contribution in [0.2, 0.25) is 0 Å². The number of amides is 1. The lowest BCUT2D eigenvalue weighted by atomic mass is 9.97. The molecule has 0 saturated carbocycles. The number of rotatable bonds is 7. The van der Waals surface area contributed by atoms with Gasteiger partial charge in [-0.1, -0.05) is 0 Å². The van der Waals surface area contributed by atoms with Gasteiger partial charge in [0, 0.05) is 45.0 Å². The molecule has 2 N–H and O–H groups in total. The van der Waals surface area contributed by atoms with Crippen LogP contribution >= 0.6 is 0 Å². The Hall–Kier alpha value is -1.89. The number of carbonyl (C=O) groups excluding carboxylic acids is 1. The number of hydrogen-bond donors (Lipinski definition) is 2. The first-order valence-electron chi connectivity index (χ1n) is 7.33. The molecule has 2 rings (SSSR count). The van der Waals surface area contributed by atoms with Crippen LogP contribution in [0.4, 0.5) is 0 Å². The number of carboxylic acids is 1. The minimum absolute atomic E-state index is 0.0241. The first-order valence-corrected chi connectivity index (χ1v) is 7.33. The Labute approximate surface area is 123 Å². The van der Waals surface area contributed by atoms with Crippen molar-refractivity contribution in [2.45, 2.75) is 25.8 Å². The van der Waals surface area contributed by atoms with Gasteiger partial charge in [-0.05, 0) is 24.8 Å². The molecule has 1 aliphatic rings. The van der Waals surface area contributed by atoms with E-state index in [0.29, 0.717) is 32.0 Å². The molecule has 1 aromatic rings. The lowest BCUT2D eigenvalue weighted by Gasteiger charge is -2.33. The van der Waals surface area contributed by atoms with Crippen molar-refractivity contribution in [2.75, 3.05) is 26.2 Å². The lowest BCUT2D eigenvalue weighted by Crippen LogP contribution is -2.43. The van der Waals surface area contributed by atoms with E-state index >= 15 is 0 Å². The number of aromatic nitrogens is 2. The Morgan fingerprint density at radius 3 is 3.00 bits per heavy atom. The third kappa shape index (κ3) is 5.18. The molecule has 1 aromatic heterocycles. The van der Waals surface area contributed by atoms with E-state index in [4.69, 9.17) is 5.11 Å². The van der Waals surface area contributed by atoms with Gasteiger partial charge >= 0.3 is 5.97 Å². The molecule has 0 bridgehead atoms. The predicted molar refractivity (Wildman–Crippen MR) is 76.7 cm³/mol. The molecule has 1 atom stereocenters. The highest BCUT2D eigenvalue weighted by atomic mass is 16.4. The average Bonchev–Trinajstić information content (AvgIpc) is 2.98. The fourth-order valence-corrected chi connectivity index (χ4v) is 2.64. The summed E-state index contributed by atoms with van der Waals surface area (Å²) in [5.74, 6) is -0.363. The van der Waals surface area contributed by atoms with Crippen LogP contribution in [0, 0.1) is 5.92 Å². The molecule has 0 radical (unpaired) electrons. The maximum absolute atomic E-state index is 12.2. The maximum atomic E-state index is 12.2. The molecular formula is C14H22N4O3. The minimum Gasteiger partial charge on any atom is -0.480 e. The van der Waals surface area contributed by atoms with Gasteiger partial charge in [0.15, 0.2) is 0 Å². The van der Waals surface area contributed by atoms with Gasteiger partial charge in [0.2, 0.25) is 5.91 Å². The Morgan fingerprint density at radius 2 is 2.29 bits per heavy atom. The molecular weight excluding hydrogens is 272 g/mol. The van der Waals surface area contributed by atoms with Crippen molar-refractivity contribution in [2.24, 2.45) is 5.92 Å². The monoisotopic (exact) mass is 294 g/mol. The number of aryl methyl sites for hydroxylation is 1. The van der Waals surface area contributed by atoms with Gasteiger partial charge in [-0.25, -0.2) is 0 Å². The zero-order valence-electron chi connectivity index (χ0n) is 12.1. The second-order valence-corrected chi connectivity index (χ2v) is 5.39. The molecule has 0 aromatic carbocycles. The highest BCUT2D eigenvalue weighted by molar-refractivity contribution is 5.76. The van der Waals surface area contributed by atoms with Crippen LogP contribution in [0.15, 0.2) is 18.5 Å². The Morgan fingerprint density at radius 1 is 1.43 bits per heavy atom. The second kappa shape index (κ2) is 7.78. The van der Waals surface area contributed by atoms with Crippen LogP contribution in [0.25, 0.3) is 0 Å². The summed E-state index contributed by atoms with van der Waals surface area (Å²) in [6.45, 7) is 2.74. The number of piperidine rings is 1. The largest absolute Gasteiger partial charge is 0.480 e. The van der Waals surface area contributed by atoms with E-state index in [-0.39, 0.29) is 12.5 Å². The summed E-state index contributed by atoms with van der Waals surface area (Å²) in [7, 11) is 0.